The van der Waals surface area contributed by atoms with Crippen molar-refractivity contribution >= 4 is 28.5 Å². The second-order valence-corrected chi connectivity index (χ2v) is 7.86. The Balaban J connectivity index is 1.62. The highest BCUT2D eigenvalue weighted by molar-refractivity contribution is 6.10. The standard InChI is InChI=1S/C24H24F2N4O5/c1-4-20(31)30-13-7-8-35-11-16(13)29-19-6-5-12-14(28-19)9-15(27-12)24(32)21-22(25)17(33-2)10-18(34-3)23(21)26/h4-6,9-10,13,16,27H,1,7-8,11H2,2-3H3,(H,28,29)(H,30,31). The van der Waals surface area contributed by atoms with E-state index in [2.05, 4.69) is 27.2 Å². The molecule has 184 valence electrons. The number of hydrogen-bond donors (Lipinski definition) is 3. The molecule has 3 heterocycles. The summed E-state index contributed by atoms with van der Waals surface area (Å²) < 4.78 is 44.9. The second-order valence-electron chi connectivity index (χ2n) is 7.86. The van der Waals surface area contributed by atoms with Crippen LogP contribution in [0.4, 0.5) is 14.6 Å². The number of nitrogens with one attached hydrogen (secondary N) is 3. The molecule has 0 aliphatic carbocycles. The number of hydrogen-bond acceptors (Lipinski definition) is 7. The summed E-state index contributed by atoms with van der Waals surface area (Å²) in [4.78, 5) is 32.1. The number of carbonyl (C=O) groups is 2. The molecule has 2 aromatic heterocycles. The number of pyridine rings is 1. The number of benzene rings is 1. The number of anilines is 1. The van der Waals surface area contributed by atoms with E-state index in [9.17, 15) is 18.4 Å². The fourth-order valence-electron chi connectivity index (χ4n) is 3.92. The summed E-state index contributed by atoms with van der Waals surface area (Å²) in [5, 5.41) is 6.11. The first-order valence-electron chi connectivity index (χ1n) is 10.8. The third-order valence-electron chi connectivity index (χ3n) is 5.72. The third kappa shape index (κ3) is 4.80. The zero-order valence-corrected chi connectivity index (χ0v) is 19.1. The van der Waals surface area contributed by atoms with Crippen LogP contribution in [0.1, 0.15) is 22.5 Å². The molecule has 4 rings (SSSR count). The van der Waals surface area contributed by atoms with E-state index < -0.39 is 23.0 Å². The molecule has 1 fully saturated rings. The Morgan fingerprint density at radius 3 is 2.54 bits per heavy atom. The molecule has 35 heavy (non-hydrogen) atoms. The highest BCUT2D eigenvalue weighted by Gasteiger charge is 2.29. The largest absolute Gasteiger partial charge is 0.494 e. The Morgan fingerprint density at radius 2 is 1.89 bits per heavy atom. The maximum Gasteiger partial charge on any atom is 0.243 e. The lowest BCUT2D eigenvalue weighted by Gasteiger charge is -2.32. The lowest BCUT2D eigenvalue weighted by atomic mass is 10.0. The SMILES string of the molecule is C=CC(=O)NC1CCOCC1Nc1ccc2[nH]c(C(=O)c3c(F)c(OC)cc(OC)c3F)cc2n1. The van der Waals surface area contributed by atoms with Crippen LogP contribution < -0.4 is 20.1 Å². The molecule has 0 radical (unpaired) electrons. The van der Waals surface area contributed by atoms with E-state index in [0.717, 1.165) is 6.07 Å². The number of ether oxygens (including phenoxy) is 3. The summed E-state index contributed by atoms with van der Waals surface area (Å²) in [6, 6.07) is 5.37. The van der Waals surface area contributed by atoms with E-state index in [1.54, 1.807) is 12.1 Å². The van der Waals surface area contributed by atoms with Crippen molar-refractivity contribution in [1.82, 2.24) is 15.3 Å². The zero-order valence-electron chi connectivity index (χ0n) is 19.1. The molecule has 1 saturated heterocycles. The van der Waals surface area contributed by atoms with Gasteiger partial charge in [0.05, 0.1) is 49.6 Å². The minimum Gasteiger partial charge on any atom is -0.494 e. The maximum atomic E-state index is 14.8. The molecule has 1 amide bonds. The summed E-state index contributed by atoms with van der Waals surface area (Å²) >= 11 is 0. The van der Waals surface area contributed by atoms with E-state index in [-0.39, 0.29) is 35.2 Å². The van der Waals surface area contributed by atoms with Crippen molar-refractivity contribution in [3.05, 3.63) is 59.8 Å². The Hall–Kier alpha value is -3.99. The maximum absolute atomic E-state index is 14.8. The molecule has 0 saturated carbocycles. The fourth-order valence-corrected chi connectivity index (χ4v) is 3.92. The number of nitrogens with zero attached hydrogens (tertiary/aromatic N) is 1. The number of aromatic nitrogens is 2. The second kappa shape index (κ2) is 10.1. The van der Waals surface area contributed by atoms with Gasteiger partial charge in [-0.25, -0.2) is 13.8 Å². The van der Waals surface area contributed by atoms with E-state index >= 15 is 0 Å². The fraction of sp³-hybridized carbons (Fsp3) is 0.292. The van der Waals surface area contributed by atoms with E-state index in [0.29, 0.717) is 36.5 Å². The molecule has 1 aliphatic rings. The molecule has 2 unspecified atom stereocenters. The van der Waals surface area contributed by atoms with Gasteiger partial charge in [0.1, 0.15) is 11.4 Å². The van der Waals surface area contributed by atoms with Crippen molar-refractivity contribution < 1.29 is 32.6 Å². The summed E-state index contributed by atoms with van der Waals surface area (Å²) in [6.07, 6.45) is 1.82. The van der Waals surface area contributed by atoms with Crippen LogP contribution in [0.5, 0.6) is 11.5 Å². The van der Waals surface area contributed by atoms with Crippen molar-refractivity contribution in [2.45, 2.75) is 18.5 Å². The van der Waals surface area contributed by atoms with Gasteiger partial charge in [0.15, 0.2) is 23.1 Å². The van der Waals surface area contributed by atoms with E-state index in [4.69, 9.17) is 14.2 Å². The number of ketones is 1. The predicted molar refractivity (Wildman–Crippen MR) is 124 cm³/mol. The number of methoxy groups -OCH3 is 2. The predicted octanol–water partition coefficient (Wildman–Crippen LogP) is 2.96. The van der Waals surface area contributed by atoms with Gasteiger partial charge in [-0.05, 0) is 30.7 Å². The first-order chi connectivity index (χ1) is 16.9. The molecule has 1 aromatic carbocycles. The number of halogens is 2. The van der Waals surface area contributed by atoms with Gasteiger partial charge in [-0.15, -0.1) is 0 Å². The van der Waals surface area contributed by atoms with Crippen LogP contribution in [0.2, 0.25) is 0 Å². The van der Waals surface area contributed by atoms with Crippen molar-refractivity contribution in [2.24, 2.45) is 0 Å². The van der Waals surface area contributed by atoms with Crippen LogP contribution in [0.25, 0.3) is 11.0 Å². The van der Waals surface area contributed by atoms with Gasteiger partial charge in [0.25, 0.3) is 0 Å². The van der Waals surface area contributed by atoms with Gasteiger partial charge in [0.2, 0.25) is 11.7 Å². The van der Waals surface area contributed by atoms with Crippen LogP contribution in [0.3, 0.4) is 0 Å². The van der Waals surface area contributed by atoms with Crippen molar-refractivity contribution in [3.63, 3.8) is 0 Å². The molecule has 9 nitrogen and oxygen atoms in total. The van der Waals surface area contributed by atoms with Gasteiger partial charge in [0, 0.05) is 12.7 Å². The van der Waals surface area contributed by atoms with Crippen LogP contribution >= 0.6 is 0 Å². The van der Waals surface area contributed by atoms with Gasteiger partial charge in [-0.3, -0.25) is 9.59 Å². The van der Waals surface area contributed by atoms with Crippen LogP contribution in [0, 0.1) is 11.6 Å². The number of amides is 1. The molecule has 0 spiro atoms. The Morgan fingerprint density at radius 1 is 1.17 bits per heavy atom. The highest BCUT2D eigenvalue weighted by Crippen LogP contribution is 2.33. The monoisotopic (exact) mass is 486 g/mol. The third-order valence-corrected chi connectivity index (χ3v) is 5.72. The first-order valence-corrected chi connectivity index (χ1v) is 10.8. The summed E-state index contributed by atoms with van der Waals surface area (Å²) in [7, 11) is 2.41. The minimum absolute atomic E-state index is 0.0603. The average Bonchev–Trinajstić information content (AvgIpc) is 3.29. The number of aromatic amines is 1. The van der Waals surface area contributed by atoms with Crippen molar-refractivity contribution in [1.29, 1.82) is 0 Å². The van der Waals surface area contributed by atoms with Gasteiger partial charge >= 0.3 is 0 Å². The number of rotatable bonds is 8. The molecular formula is C24H24F2N4O5. The highest BCUT2D eigenvalue weighted by atomic mass is 19.1. The van der Waals surface area contributed by atoms with Gasteiger partial charge in [-0.2, -0.15) is 0 Å². The smallest absolute Gasteiger partial charge is 0.243 e. The van der Waals surface area contributed by atoms with E-state index in [1.807, 2.05) is 0 Å². The van der Waals surface area contributed by atoms with Crippen LogP contribution in [-0.2, 0) is 9.53 Å². The minimum atomic E-state index is -1.13. The lowest BCUT2D eigenvalue weighted by molar-refractivity contribution is -0.117. The van der Waals surface area contributed by atoms with E-state index in [1.165, 1.54) is 26.4 Å². The Labute approximate surface area is 199 Å². The topological polar surface area (TPSA) is 115 Å². The van der Waals surface area contributed by atoms with Gasteiger partial charge < -0.3 is 29.8 Å². The molecule has 3 N–H and O–H groups in total. The Bertz CT molecular complexity index is 1260. The number of fused-ring (bicyclic) bond motifs is 1. The first kappa shape index (κ1) is 24.1. The van der Waals surface area contributed by atoms with Crippen molar-refractivity contribution in [3.8, 4) is 11.5 Å². The van der Waals surface area contributed by atoms with Crippen molar-refractivity contribution in [2.75, 3.05) is 32.8 Å². The van der Waals surface area contributed by atoms with Gasteiger partial charge in [-0.1, -0.05) is 6.58 Å². The summed E-state index contributed by atoms with van der Waals surface area (Å²) in [6.45, 7) is 4.34. The molecule has 0 bridgehead atoms. The molecule has 11 heteroatoms. The Kier molecular flexibility index (Phi) is 6.97. The van der Waals surface area contributed by atoms with Crippen LogP contribution in [0.15, 0.2) is 36.9 Å². The summed E-state index contributed by atoms with van der Waals surface area (Å²) in [5.41, 5.74) is 0.0320. The lowest BCUT2D eigenvalue weighted by Crippen LogP contribution is -2.52. The normalized spacial score (nSPS) is 17.6. The number of carbonyl (C=O) groups excluding carboxylic acids is 2. The quantitative estimate of drug-likeness (QED) is 0.331. The zero-order chi connectivity index (χ0) is 25.1. The molecule has 3 aromatic rings. The molecular weight excluding hydrogens is 462 g/mol. The van der Waals surface area contributed by atoms with Crippen LogP contribution in [-0.4, -0.2) is 61.2 Å². The molecule has 1 aliphatic heterocycles. The average molecular weight is 486 g/mol. The number of H-pyrrole nitrogens is 1. The molecule has 2 atom stereocenters. The summed E-state index contributed by atoms with van der Waals surface area (Å²) in [5.74, 6) is -3.62.